The van der Waals surface area contributed by atoms with Gasteiger partial charge in [-0.1, -0.05) is 18.2 Å². The number of likely N-dealkylation sites (N-methyl/N-ethyl adjacent to an activating group) is 1. The molecule has 0 atom stereocenters. The van der Waals surface area contributed by atoms with Crippen LogP contribution in [0.1, 0.15) is 11.3 Å². The van der Waals surface area contributed by atoms with Gasteiger partial charge in [0, 0.05) is 30.4 Å². The minimum Gasteiger partial charge on any atom is -0.503 e. The molecule has 118 valence electrons. The molecule has 1 heterocycles. The summed E-state index contributed by atoms with van der Waals surface area (Å²) in [6.07, 6.45) is 1.32. The largest absolute Gasteiger partial charge is 0.503 e. The van der Waals surface area contributed by atoms with E-state index in [0.29, 0.717) is 24.3 Å². The highest BCUT2D eigenvalue weighted by atomic mass is 19.1. The first-order chi connectivity index (χ1) is 10.5. The van der Waals surface area contributed by atoms with E-state index in [2.05, 4.69) is 0 Å². The number of aromatic nitrogens is 1. The zero-order chi connectivity index (χ0) is 16.1. The van der Waals surface area contributed by atoms with Crippen LogP contribution in [0.25, 0.3) is 0 Å². The molecule has 22 heavy (non-hydrogen) atoms. The molecule has 0 aliphatic rings. The highest BCUT2D eigenvalue weighted by molar-refractivity contribution is 5.24. The molecule has 0 aliphatic heterocycles. The zero-order valence-electron chi connectivity index (χ0n) is 12.4. The van der Waals surface area contributed by atoms with E-state index >= 15 is 0 Å². The van der Waals surface area contributed by atoms with Crippen LogP contribution in [0.3, 0.4) is 0 Å². The Labute approximate surface area is 127 Å². The fraction of sp³-hybridized carbons (Fsp3) is 0.312. The molecule has 0 saturated heterocycles. The summed E-state index contributed by atoms with van der Waals surface area (Å²) in [7, 11) is 1.81. The summed E-state index contributed by atoms with van der Waals surface area (Å²) in [6, 6.07) is 7.71. The van der Waals surface area contributed by atoms with Crippen LogP contribution < -0.4 is 5.43 Å². The SMILES string of the molecule is CN(CCO)Cc1cc(=O)c(O)cn1Cc1ccccc1F. The van der Waals surface area contributed by atoms with Gasteiger partial charge in [0.2, 0.25) is 5.43 Å². The number of aromatic hydroxyl groups is 1. The van der Waals surface area contributed by atoms with Crippen molar-refractivity contribution >= 4 is 0 Å². The number of pyridine rings is 1. The summed E-state index contributed by atoms with van der Waals surface area (Å²) in [6.45, 7) is 1.08. The first-order valence-electron chi connectivity index (χ1n) is 6.96. The van der Waals surface area contributed by atoms with Gasteiger partial charge >= 0.3 is 0 Å². The molecule has 2 N–H and O–H groups in total. The quantitative estimate of drug-likeness (QED) is 0.841. The maximum atomic E-state index is 13.8. The fourth-order valence-corrected chi connectivity index (χ4v) is 2.22. The molecule has 0 unspecified atom stereocenters. The zero-order valence-corrected chi connectivity index (χ0v) is 12.4. The van der Waals surface area contributed by atoms with Crippen molar-refractivity contribution in [3.05, 3.63) is 63.8 Å². The summed E-state index contributed by atoms with van der Waals surface area (Å²) in [4.78, 5) is 13.5. The average molecular weight is 306 g/mol. The number of halogens is 1. The van der Waals surface area contributed by atoms with E-state index in [1.54, 1.807) is 29.8 Å². The Kier molecular flexibility index (Phi) is 5.30. The highest BCUT2D eigenvalue weighted by Gasteiger charge is 2.10. The Morgan fingerprint density at radius 3 is 2.73 bits per heavy atom. The van der Waals surface area contributed by atoms with E-state index in [0.717, 1.165) is 0 Å². The smallest absolute Gasteiger partial charge is 0.223 e. The number of aliphatic hydroxyl groups excluding tert-OH is 1. The third-order valence-corrected chi connectivity index (χ3v) is 3.41. The van der Waals surface area contributed by atoms with Gasteiger partial charge in [0.05, 0.1) is 19.3 Å². The molecule has 1 aromatic carbocycles. The van der Waals surface area contributed by atoms with Crippen LogP contribution in [0.5, 0.6) is 5.75 Å². The van der Waals surface area contributed by atoms with Crippen LogP contribution in [0.15, 0.2) is 41.3 Å². The van der Waals surface area contributed by atoms with Gasteiger partial charge in [0.15, 0.2) is 5.75 Å². The van der Waals surface area contributed by atoms with Crippen molar-refractivity contribution in [1.29, 1.82) is 0 Å². The van der Waals surface area contributed by atoms with Gasteiger partial charge in [-0.25, -0.2) is 4.39 Å². The van der Waals surface area contributed by atoms with Gasteiger partial charge in [-0.3, -0.25) is 9.69 Å². The number of hydrogen-bond acceptors (Lipinski definition) is 4. The Hall–Kier alpha value is -2.18. The number of benzene rings is 1. The maximum Gasteiger partial charge on any atom is 0.223 e. The first-order valence-corrected chi connectivity index (χ1v) is 6.96. The van der Waals surface area contributed by atoms with E-state index in [1.165, 1.54) is 18.3 Å². The van der Waals surface area contributed by atoms with E-state index < -0.39 is 5.43 Å². The highest BCUT2D eigenvalue weighted by Crippen LogP contribution is 2.13. The standard InChI is InChI=1S/C16H19FN2O3/c1-18(6-7-20)10-13-8-15(21)16(22)11-19(13)9-12-4-2-3-5-14(12)17/h2-5,8,11,20,22H,6-7,9-10H2,1H3. The molecule has 0 aliphatic carbocycles. The summed E-state index contributed by atoms with van der Waals surface area (Å²) in [5.74, 6) is -0.708. The topological polar surface area (TPSA) is 65.7 Å². The molecule has 1 aromatic heterocycles. The molecule has 5 nitrogen and oxygen atoms in total. The lowest BCUT2D eigenvalue weighted by Crippen LogP contribution is -2.25. The van der Waals surface area contributed by atoms with Crippen molar-refractivity contribution in [2.24, 2.45) is 0 Å². The van der Waals surface area contributed by atoms with Crippen molar-refractivity contribution in [2.75, 3.05) is 20.2 Å². The minimum absolute atomic E-state index is 0.00608. The van der Waals surface area contributed by atoms with Crippen LogP contribution in [0.2, 0.25) is 0 Å². The first kappa shape index (κ1) is 16.2. The van der Waals surface area contributed by atoms with Crippen molar-refractivity contribution in [3.63, 3.8) is 0 Å². The summed E-state index contributed by atoms with van der Waals surface area (Å²) >= 11 is 0. The van der Waals surface area contributed by atoms with Gasteiger partial charge in [-0.05, 0) is 13.1 Å². The van der Waals surface area contributed by atoms with E-state index in [9.17, 15) is 14.3 Å². The Balaban J connectivity index is 2.34. The normalized spacial score (nSPS) is 11.1. The molecular formula is C16H19FN2O3. The molecule has 2 aromatic rings. The van der Waals surface area contributed by atoms with E-state index in [4.69, 9.17) is 5.11 Å². The number of nitrogens with zero attached hydrogens (tertiary/aromatic N) is 2. The Bertz CT molecular complexity index is 700. The lowest BCUT2D eigenvalue weighted by Gasteiger charge is -2.20. The van der Waals surface area contributed by atoms with E-state index in [-0.39, 0.29) is 24.7 Å². The van der Waals surface area contributed by atoms with Gasteiger partial charge in [0.1, 0.15) is 5.82 Å². The number of aliphatic hydroxyl groups is 1. The van der Waals surface area contributed by atoms with E-state index in [1.807, 2.05) is 4.90 Å². The number of rotatable bonds is 6. The third kappa shape index (κ3) is 3.93. The lowest BCUT2D eigenvalue weighted by molar-refractivity contribution is 0.214. The molecule has 0 radical (unpaired) electrons. The predicted octanol–water partition coefficient (Wildman–Crippen LogP) is 1.17. The van der Waals surface area contributed by atoms with Crippen LogP contribution in [0.4, 0.5) is 4.39 Å². The third-order valence-electron chi connectivity index (χ3n) is 3.41. The fourth-order valence-electron chi connectivity index (χ4n) is 2.22. The lowest BCUT2D eigenvalue weighted by atomic mass is 10.2. The van der Waals surface area contributed by atoms with Crippen LogP contribution in [0, 0.1) is 5.82 Å². The van der Waals surface area contributed by atoms with Crippen molar-refractivity contribution in [3.8, 4) is 5.75 Å². The predicted molar refractivity (Wildman–Crippen MR) is 81.3 cm³/mol. The monoisotopic (exact) mass is 306 g/mol. The summed E-state index contributed by atoms with van der Waals surface area (Å²) in [5, 5.41) is 18.6. The summed E-state index contributed by atoms with van der Waals surface area (Å²) in [5.41, 5.74) is 0.635. The summed E-state index contributed by atoms with van der Waals surface area (Å²) < 4.78 is 15.4. The molecule has 0 fully saturated rings. The van der Waals surface area contributed by atoms with Crippen LogP contribution >= 0.6 is 0 Å². The second kappa shape index (κ2) is 7.20. The van der Waals surface area contributed by atoms with Gasteiger partial charge in [0.25, 0.3) is 0 Å². The van der Waals surface area contributed by atoms with Crippen molar-refractivity contribution in [2.45, 2.75) is 13.1 Å². The molecular weight excluding hydrogens is 287 g/mol. The molecule has 2 rings (SSSR count). The van der Waals surface area contributed by atoms with Crippen molar-refractivity contribution in [1.82, 2.24) is 9.47 Å². The van der Waals surface area contributed by atoms with Crippen LogP contribution in [-0.4, -0.2) is 39.9 Å². The maximum absolute atomic E-state index is 13.8. The molecule has 6 heteroatoms. The van der Waals surface area contributed by atoms with Gasteiger partial charge in [-0.15, -0.1) is 0 Å². The Morgan fingerprint density at radius 1 is 1.32 bits per heavy atom. The van der Waals surface area contributed by atoms with Gasteiger partial charge in [-0.2, -0.15) is 0 Å². The van der Waals surface area contributed by atoms with Gasteiger partial charge < -0.3 is 14.8 Å². The molecule has 0 spiro atoms. The molecule has 0 bridgehead atoms. The van der Waals surface area contributed by atoms with Crippen LogP contribution in [-0.2, 0) is 13.1 Å². The second-order valence-electron chi connectivity index (χ2n) is 5.19. The van der Waals surface area contributed by atoms with Crippen molar-refractivity contribution < 1.29 is 14.6 Å². The molecule has 0 saturated carbocycles. The second-order valence-corrected chi connectivity index (χ2v) is 5.19. The molecule has 0 amide bonds. The minimum atomic E-state index is -0.475. The average Bonchev–Trinajstić information content (AvgIpc) is 2.47. The number of hydrogen-bond donors (Lipinski definition) is 2. The Morgan fingerprint density at radius 2 is 2.05 bits per heavy atom.